The van der Waals surface area contributed by atoms with Crippen LogP contribution in [0.25, 0.3) is 0 Å². The lowest BCUT2D eigenvalue weighted by atomic mass is 9.94. The van der Waals surface area contributed by atoms with Gasteiger partial charge in [-0.1, -0.05) is 12.5 Å². The van der Waals surface area contributed by atoms with Crippen LogP contribution in [0.2, 0.25) is 0 Å². The molecule has 1 aromatic carbocycles. The summed E-state index contributed by atoms with van der Waals surface area (Å²) in [5, 5.41) is 9.53. The average Bonchev–Trinajstić information content (AvgIpc) is 3.00. The Bertz CT molecular complexity index is 601. The summed E-state index contributed by atoms with van der Waals surface area (Å²) in [5.74, 6) is -0.509. The van der Waals surface area contributed by atoms with Crippen molar-refractivity contribution >= 4 is 34.5 Å². The van der Waals surface area contributed by atoms with Crippen molar-refractivity contribution in [2.24, 2.45) is 11.8 Å². The monoisotopic (exact) mass is 399 g/mol. The third-order valence-electron chi connectivity index (χ3n) is 4.82. The Hall–Kier alpha value is -1.11. The summed E-state index contributed by atoms with van der Waals surface area (Å²) < 4.78 is 1.03. The normalized spacial score (nSPS) is 27.7. The molecule has 112 valence electrons. The fourth-order valence-corrected chi connectivity index (χ4v) is 4.24. The number of carbonyl (C=O) groups is 2. The number of aryl methyl sites for hydroxylation is 1. The van der Waals surface area contributed by atoms with Crippen molar-refractivity contribution in [3.8, 4) is 0 Å². The van der Waals surface area contributed by atoms with E-state index in [4.69, 9.17) is 0 Å². The highest BCUT2D eigenvalue weighted by atomic mass is 127. The molecular formula is C16H18INO3. The van der Waals surface area contributed by atoms with Crippen molar-refractivity contribution in [2.45, 2.75) is 32.2 Å². The number of fused-ring (bicyclic) bond motifs is 1. The van der Waals surface area contributed by atoms with Gasteiger partial charge in [-0.3, -0.25) is 4.79 Å². The number of hydrogen-bond donors (Lipinski definition) is 1. The van der Waals surface area contributed by atoms with Crippen LogP contribution < -0.4 is 0 Å². The lowest BCUT2D eigenvalue weighted by Gasteiger charge is -2.24. The van der Waals surface area contributed by atoms with Crippen molar-refractivity contribution < 1.29 is 14.7 Å². The summed E-state index contributed by atoms with van der Waals surface area (Å²) in [6.45, 7) is 2.58. The van der Waals surface area contributed by atoms with Crippen molar-refractivity contribution in [3.63, 3.8) is 0 Å². The molecule has 1 aromatic rings. The van der Waals surface area contributed by atoms with Crippen LogP contribution in [0.15, 0.2) is 18.2 Å². The quantitative estimate of drug-likeness (QED) is 0.779. The van der Waals surface area contributed by atoms with Crippen LogP contribution in [0.1, 0.15) is 35.2 Å². The summed E-state index contributed by atoms with van der Waals surface area (Å²) >= 11 is 2.20. The third kappa shape index (κ3) is 2.56. The molecule has 0 radical (unpaired) electrons. The Morgan fingerprint density at radius 3 is 2.76 bits per heavy atom. The SMILES string of the molecule is Cc1ccc(C(=O)N2CC3CCCC3C2C(=O)O)cc1I. The van der Waals surface area contributed by atoms with Crippen molar-refractivity contribution in [1.82, 2.24) is 4.90 Å². The maximum absolute atomic E-state index is 12.7. The molecule has 1 N–H and O–H groups in total. The Labute approximate surface area is 137 Å². The van der Waals surface area contributed by atoms with Crippen LogP contribution in [0.4, 0.5) is 0 Å². The zero-order valence-electron chi connectivity index (χ0n) is 11.9. The second-order valence-corrected chi connectivity index (χ2v) is 7.22. The minimum absolute atomic E-state index is 0.135. The van der Waals surface area contributed by atoms with Gasteiger partial charge in [-0.25, -0.2) is 4.79 Å². The van der Waals surface area contributed by atoms with Gasteiger partial charge in [-0.2, -0.15) is 0 Å². The fourth-order valence-electron chi connectivity index (χ4n) is 3.72. The summed E-state index contributed by atoms with van der Waals surface area (Å²) in [7, 11) is 0. The first-order chi connectivity index (χ1) is 9.99. The van der Waals surface area contributed by atoms with Gasteiger partial charge in [0.2, 0.25) is 0 Å². The van der Waals surface area contributed by atoms with Crippen molar-refractivity contribution in [3.05, 3.63) is 32.9 Å². The van der Waals surface area contributed by atoms with E-state index in [0.29, 0.717) is 18.0 Å². The van der Waals surface area contributed by atoms with Crippen LogP contribution in [0.5, 0.6) is 0 Å². The van der Waals surface area contributed by atoms with Gasteiger partial charge >= 0.3 is 5.97 Å². The van der Waals surface area contributed by atoms with E-state index in [1.165, 1.54) is 0 Å². The molecule has 1 saturated heterocycles. The van der Waals surface area contributed by atoms with Gasteiger partial charge in [0.25, 0.3) is 5.91 Å². The molecule has 4 nitrogen and oxygen atoms in total. The second kappa shape index (κ2) is 5.59. The maximum atomic E-state index is 12.7. The molecule has 21 heavy (non-hydrogen) atoms. The number of benzene rings is 1. The van der Waals surface area contributed by atoms with E-state index in [-0.39, 0.29) is 11.8 Å². The second-order valence-electron chi connectivity index (χ2n) is 6.06. The Morgan fingerprint density at radius 1 is 1.33 bits per heavy atom. The van der Waals surface area contributed by atoms with Gasteiger partial charge in [-0.05, 0) is 71.9 Å². The molecule has 2 fully saturated rings. The number of carboxylic acid groups (broad SMARTS) is 1. The summed E-state index contributed by atoms with van der Waals surface area (Å²) in [4.78, 5) is 25.9. The minimum atomic E-state index is -0.862. The molecule has 1 amide bonds. The van der Waals surface area contributed by atoms with Crippen LogP contribution in [0.3, 0.4) is 0 Å². The standard InChI is InChI=1S/C16H18INO3/c1-9-5-6-10(7-13(9)17)15(19)18-8-11-3-2-4-12(11)14(18)16(20)21/h5-7,11-12,14H,2-4,8H2,1H3,(H,20,21). The van der Waals surface area contributed by atoms with Gasteiger partial charge in [0.05, 0.1) is 0 Å². The molecule has 2 aliphatic rings. The Balaban J connectivity index is 1.89. The molecule has 1 heterocycles. The highest BCUT2D eigenvalue weighted by molar-refractivity contribution is 14.1. The van der Waals surface area contributed by atoms with Gasteiger partial charge in [0.15, 0.2) is 0 Å². The summed E-state index contributed by atoms with van der Waals surface area (Å²) in [6, 6.07) is 4.92. The topological polar surface area (TPSA) is 57.6 Å². The van der Waals surface area contributed by atoms with E-state index in [0.717, 1.165) is 28.4 Å². The smallest absolute Gasteiger partial charge is 0.326 e. The predicted molar refractivity (Wildman–Crippen MR) is 87.2 cm³/mol. The van der Waals surface area contributed by atoms with E-state index < -0.39 is 12.0 Å². The molecule has 0 aromatic heterocycles. The van der Waals surface area contributed by atoms with Gasteiger partial charge in [-0.15, -0.1) is 0 Å². The number of likely N-dealkylation sites (tertiary alicyclic amines) is 1. The number of hydrogen-bond acceptors (Lipinski definition) is 2. The first-order valence-electron chi connectivity index (χ1n) is 7.29. The zero-order chi connectivity index (χ0) is 15.1. The van der Waals surface area contributed by atoms with E-state index in [1.807, 2.05) is 19.1 Å². The molecule has 1 aliphatic heterocycles. The van der Waals surface area contributed by atoms with E-state index in [1.54, 1.807) is 11.0 Å². The molecule has 1 saturated carbocycles. The number of nitrogens with zero attached hydrogens (tertiary/aromatic N) is 1. The molecule has 3 unspecified atom stereocenters. The van der Waals surface area contributed by atoms with E-state index in [9.17, 15) is 14.7 Å². The Morgan fingerprint density at radius 2 is 2.10 bits per heavy atom. The van der Waals surface area contributed by atoms with Gasteiger partial charge in [0.1, 0.15) is 6.04 Å². The number of aliphatic carboxylic acids is 1. The van der Waals surface area contributed by atoms with Gasteiger partial charge < -0.3 is 10.0 Å². The number of halogens is 1. The number of carbonyl (C=O) groups excluding carboxylic acids is 1. The number of amides is 1. The maximum Gasteiger partial charge on any atom is 0.326 e. The fraction of sp³-hybridized carbons (Fsp3) is 0.500. The molecule has 0 spiro atoms. The molecule has 5 heteroatoms. The summed E-state index contributed by atoms with van der Waals surface area (Å²) in [5.41, 5.74) is 1.72. The minimum Gasteiger partial charge on any atom is -0.480 e. The summed E-state index contributed by atoms with van der Waals surface area (Å²) in [6.07, 6.45) is 3.06. The van der Waals surface area contributed by atoms with E-state index >= 15 is 0 Å². The molecule has 0 bridgehead atoms. The molecule has 3 atom stereocenters. The first-order valence-corrected chi connectivity index (χ1v) is 8.37. The lowest BCUT2D eigenvalue weighted by molar-refractivity contribution is -0.142. The largest absolute Gasteiger partial charge is 0.480 e. The van der Waals surface area contributed by atoms with Crippen molar-refractivity contribution in [2.75, 3.05) is 6.54 Å². The molecular weight excluding hydrogens is 381 g/mol. The van der Waals surface area contributed by atoms with Crippen LogP contribution in [0, 0.1) is 22.3 Å². The highest BCUT2D eigenvalue weighted by Crippen LogP contribution is 2.42. The van der Waals surface area contributed by atoms with Gasteiger partial charge in [0, 0.05) is 15.7 Å². The van der Waals surface area contributed by atoms with E-state index in [2.05, 4.69) is 22.6 Å². The molecule has 3 rings (SSSR count). The average molecular weight is 399 g/mol. The number of carboxylic acids is 1. The first kappa shape index (κ1) is 14.8. The highest BCUT2D eigenvalue weighted by Gasteiger charge is 2.49. The van der Waals surface area contributed by atoms with Crippen molar-refractivity contribution in [1.29, 1.82) is 0 Å². The third-order valence-corrected chi connectivity index (χ3v) is 5.99. The lowest BCUT2D eigenvalue weighted by Crippen LogP contribution is -2.43. The van der Waals surface area contributed by atoms with Crippen LogP contribution in [-0.2, 0) is 4.79 Å². The van der Waals surface area contributed by atoms with Crippen LogP contribution >= 0.6 is 22.6 Å². The number of rotatable bonds is 2. The van der Waals surface area contributed by atoms with Crippen LogP contribution in [-0.4, -0.2) is 34.5 Å². The zero-order valence-corrected chi connectivity index (χ0v) is 14.0. The molecule has 1 aliphatic carbocycles. The predicted octanol–water partition coefficient (Wildman–Crippen LogP) is 2.92. The Kier molecular flexibility index (Phi) is 3.94.